The molecule has 0 aliphatic rings. The minimum Gasteiger partial charge on any atom is -0.321 e. The van der Waals surface area contributed by atoms with Crippen molar-refractivity contribution in [3.05, 3.63) is 46.7 Å². The minimum atomic E-state index is -0.301. The molecule has 3 heteroatoms. The van der Waals surface area contributed by atoms with Gasteiger partial charge in [0.05, 0.1) is 4.47 Å². The average Bonchev–Trinajstić information content (AvgIpc) is 2.08. The molecule has 0 aromatic heterocycles. The summed E-state index contributed by atoms with van der Waals surface area (Å²) >= 11 is 3.06. The van der Waals surface area contributed by atoms with Gasteiger partial charge in [0.25, 0.3) is 0 Å². The number of rotatable bonds is 2. The van der Waals surface area contributed by atoms with Crippen molar-refractivity contribution < 1.29 is 4.39 Å². The predicted octanol–water partition coefficient (Wildman–Crippen LogP) is 2.77. The topological polar surface area (TPSA) is 26.0 Å². The number of nitrogens with two attached hydrogens (primary N) is 1. The average molecular weight is 230 g/mol. The van der Waals surface area contributed by atoms with Crippen LogP contribution in [-0.2, 0) is 0 Å². The van der Waals surface area contributed by atoms with Crippen molar-refractivity contribution in [2.75, 3.05) is 0 Å². The normalized spacial score (nSPS) is 12.6. The molecule has 0 saturated heterocycles. The fourth-order valence-electron chi connectivity index (χ4n) is 0.856. The first-order valence-corrected chi connectivity index (χ1v) is 4.27. The largest absolute Gasteiger partial charge is 0.321 e. The molecule has 12 heavy (non-hydrogen) atoms. The van der Waals surface area contributed by atoms with Crippen LogP contribution in [0.2, 0.25) is 0 Å². The molecule has 1 unspecified atom stereocenters. The van der Waals surface area contributed by atoms with E-state index in [0.717, 1.165) is 5.56 Å². The van der Waals surface area contributed by atoms with Gasteiger partial charge in [0, 0.05) is 6.04 Å². The molecule has 1 nitrogen and oxygen atoms in total. The van der Waals surface area contributed by atoms with Crippen LogP contribution in [-0.4, -0.2) is 0 Å². The van der Waals surface area contributed by atoms with E-state index >= 15 is 0 Å². The second-order valence-corrected chi connectivity index (χ2v) is 3.29. The lowest BCUT2D eigenvalue weighted by molar-refractivity contribution is 0.617. The van der Waals surface area contributed by atoms with Crippen LogP contribution in [0.5, 0.6) is 0 Å². The standard InChI is InChI=1S/C9H9BrFN/c1-2-9(12)6-3-4-7(10)8(11)5-6/h2-5,9H,1,12H2. The lowest BCUT2D eigenvalue weighted by atomic mass is 10.1. The zero-order valence-corrected chi connectivity index (χ0v) is 8.01. The van der Waals surface area contributed by atoms with E-state index in [1.54, 1.807) is 18.2 Å². The first-order chi connectivity index (χ1) is 5.65. The van der Waals surface area contributed by atoms with Crippen LogP contribution in [0.1, 0.15) is 11.6 Å². The molecule has 64 valence electrons. The van der Waals surface area contributed by atoms with E-state index in [4.69, 9.17) is 5.73 Å². The molecule has 1 aromatic rings. The van der Waals surface area contributed by atoms with Gasteiger partial charge in [-0.05, 0) is 33.6 Å². The quantitative estimate of drug-likeness (QED) is 0.776. The molecule has 0 saturated carbocycles. The van der Waals surface area contributed by atoms with Crippen molar-refractivity contribution in [2.45, 2.75) is 6.04 Å². The van der Waals surface area contributed by atoms with Crippen LogP contribution < -0.4 is 5.73 Å². The molecule has 0 spiro atoms. The van der Waals surface area contributed by atoms with E-state index in [2.05, 4.69) is 22.5 Å². The summed E-state index contributed by atoms with van der Waals surface area (Å²) in [7, 11) is 0. The Morgan fingerprint density at radius 2 is 2.25 bits per heavy atom. The maximum Gasteiger partial charge on any atom is 0.137 e. The molecule has 0 heterocycles. The molecule has 0 aliphatic heterocycles. The smallest absolute Gasteiger partial charge is 0.137 e. The second kappa shape index (κ2) is 3.83. The summed E-state index contributed by atoms with van der Waals surface area (Å²) in [5.74, 6) is -0.301. The summed E-state index contributed by atoms with van der Waals surface area (Å²) in [4.78, 5) is 0. The summed E-state index contributed by atoms with van der Waals surface area (Å²) in [6.45, 7) is 3.53. The maximum absolute atomic E-state index is 12.9. The van der Waals surface area contributed by atoms with Crippen LogP contribution in [0.25, 0.3) is 0 Å². The Balaban J connectivity index is 3.04. The van der Waals surface area contributed by atoms with Crippen molar-refractivity contribution in [1.29, 1.82) is 0 Å². The van der Waals surface area contributed by atoms with Crippen LogP contribution >= 0.6 is 15.9 Å². The van der Waals surface area contributed by atoms with E-state index in [-0.39, 0.29) is 11.9 Å². The van der Waals surface area contributed by atoms with Gasteiger partial charge >= 0.3 is 0 Å². The van der Waals surface area contributed by atoms with Crippen LogP contribution in [0.3, 0.4) is 0 Å². The summed E-state index contributed by atoms with van der Waals surface area (Å²) in [6, 6.07) is 4.50. The third-order valence-corrected chi connectivity index (χ3v) is 2.23. The third kappa shape index (κ3) is 1.93. The third-order valence-electron chi connectivity index (χ3n) is 1.58. The number of benzene rings is 1. The SMILES string of the molecule is C=CC(N)c1ccc(Br)c(F)c1. The van der Waals surface area contributed by atoms with Crippen molar-refractivity contribution in [3.63, 3.8) is 0 Å². The molecule has 0 bridgehead atoms. The minimum absolute atomic E-state index is 0.299. The van der Waals surface area contributed by atoms with E-state index in [1.807, 2.05) is 0 Å². The molecule has 1 atom stereocenters. The highest BCUT2D eigenvalue weighted by Gasteiger charge is 2.04. The Labute approximate surface area is 79.2 Å². The number of hydrogen-bond donors (Lipinski definition) is 1. The van der Waals surface area contributed by atoms with Crippen molar-refractivity contribution in [3.8, 4) is 0 Å². The van der Waals surface area contributed by atoms with Crippen molar-refractivity contribution >= 4 is 15.9 Å². The van der Waals surface area contributed by atoms with E-state index in [1.165, 1.54) is 6.07 Å². The van der Waals surface area contributed by atoms with E-state index in [9.17, 15) is 4.39 Å². The summed E-state index contributed by atoms with van der Waals surface area (Å²) in [5, 5.41) is 0. The number of halogens is 2. The Bertz CT molecular complexity index is 299. The zero-order valence-electron chi connectivity index (χ0n) is 6.43. The molecular formula is C9H9BrFN. The molecule has 0 amide bonds. The molecule has 1 aromatic carbocycles. The number of hydrogen-bond acceptors (Lipinski definition) is 1. The first kappa shape index (κ1) is 9.42. The lowest BCUT2D eigenvalue weighted by Gasteiger charge is -2.06. The maximum atomic E-state index is 12.9. The Kier molecular flexibility index (Phi) is 3.00. The molecule has 0 aliphatic carbocycles. The van der Waals surface area contributed by atoms with Gasteiger partial charge in [0.1, 0.15) is 5.82 Å². The van der Waals surface area contributed by atoms with Gasteiger partial charge in [-0.1, -0.05) is 12.1 Å². The van der Waals surface area contributed by atoms with Gasteiger partial charge in [-0.25, -0.2) is 4.39 Å². The molecule has 0 fully saturated rings. The van der Waals surface area contributed by atoms with Gasteiger partial charge in [-0.3, -0.25) is 0 Å². The Morgan fingerprint density at radius 3 is 2.75 bits per heavy atom. The van der Waals surface area contributed by atoms with E-state index < -0.39 is 0 Å². The highest BCUT2D eigenvalue weighted by atomic mass is 79.9. The van der Waals surface area contributed by atoms with E-state index in [0.29, 0.717) is 4.47 Å². The molecule has 1 rings (SSSR count). The molecule has 2 N–H and O–H groups in total. The monoisotopic (exact) mass is 229 g/mol. The first-order valence-electron chi connectivity index (χ1n) is 3.48. The van der Waals surface area contributed by atoms with Gasteiger partial charge in [-0.2, -0.15) is 0 Å². The lowest BCUT2D eigenvalue weighted by Crippen LogP contribution is -2.06. The van der Waals surface area contributed by atoms with Gasteiger partial charge in [-0.15, -0.1) is 6.58 Å². The fraction of sp³-hybridized carbons (Fsp3) is 0.111. The Hall–Kier alpha value is -0.670. The molecular weight excluding hydrogens is 221 g/mol. The van der Waals surface area contributed by atoms with Crippen LogP contribution in [0.15, 0.2) is 35.3 Å². The highest BCUT2D eigenvalue weighted by molar-refractivity contribution is 9.10. The van der Waals surface area contributed by atoms with Gasteiger partial charge in [0.2, 0.25) is 0 Å². The fourth-order valence-corrected chi connectivity index (χ4v) is 1.10. The van der Waals surface area contributed by atoms with Crippen LogP contribution in [0, 0.1) is 5.82 Å². The molecule has 0 radical (unpaired) electrons. The van der Waals surface area contributed by atoms with Crippen molar-refractivity contribution in [1.82, 2.24) is 0 Å². The van der Waals surface area contributed by atoms with Gasteiger partial charge < -0.3 is 5.73 Å². The zero-order chi connectivity index (χ0) is 9.14. The second-order valence-electron chi connectivity index (χ2n) is 2.44. The van der Waals surface area contributed by atoms with Crippen LogP contribution in [0.4, 0.5) is 4.39 Å². The van der Waals surface area contributed by atoms with Gasteiger partial charge in [0.15, 0.2) is 0 Å². The van der Waals surface area contributed by atoms with Crippen molar-refractivity contribution in [2.24, 2.45) is 5.73 Å². The highest BCUT2D eigenvalue weighted by Crippen LogP contribution is 2.19. The predicted molar refractivity (Wildman–Crippen MR) is 51.2 cm³/mol. The summed E-state index contributed by atoms with van der Waals surface area (Å²) in [6.07, 6.45) is 1.57. The summed E-state index contributed by atoms with van der Waals surface area (Å²) in [5.41, 5.74) is 6.34. The summed E-state index contributed by atoms with van der Waals surface area (Å²) < 4.78 is 13.4. The Morgan fingerprint density at radius 1 is 1.58 bits per heavy atom.